The predicted molar refractivity (Wildman–Crippen MR) is 125 cm³/mol. The predicted octanol–water partition coefficient (Wildman–Crippen LogP) is 2.42. The zero-order chi connectivity index (χ0) is 22.9. The van der Waals surface area contributed by atoms with E-state index in [0.717, 1.165) is 38.3 Å². The summed E-state index contributed by atoms with van der Waals surface area (Å²) in [6, 6.07) is 5.27. The van der Waals surface area contributed by atoms with Gasteiger partial charge in [0.15, 0.2) is 5.65 Å². The fourth-order valence-electron chi connectivity index (χ4n) is 4.44. The molecule has 0 bridgehead atoms. The van der Waals surface area contributed by atoms with Crippen LogP contribution in [0.15, 0.2) is 43.4 Å². The monoisotopic (exact) mass is 450 g/mol. The van der Waals surface area contributed by atoms with Gasteiger partial charge in [-0.05, 0) is 37.7 Å². The number of likely N-dealkylation sites (N-methyl/N-ethyl adjacent to an activating group) is 1. The number of imidazole rings is 1. The molecule has 5 rings (SSSR count). The Kier molecular flexibility index (Phi) is 5.67. The SMILES string of the molecule is C=CC(=O)N1CCC(n2cnc3cnc(Nc4ccc(N5CCN(C)CC5)cc4F)nc32)C1. The van der Waals surface area contributed by atoms with E-state index >= 15 is 0 Å². The molecule has 1 aromatic carbocycles. The maximum atomic E-state index is 14.9. The molecule has 10 heteroatoms. The number of aromatic nitrogens is 4. The number of piperazine rings is 1. The summed E-state index contributed by atoms with van der Waals surface area (Å²) in [5.74, 6) is -0.125. The molecule has 0 saturated carbocycles. The normalized spacial score (nSPS) is 19.3. The molecule has 2 aliphatic heterocycles. The van der Waals surface area contributed by atoms with Crippen LogP contribution in [0.3, 0.4) is 0 Å². The molecular weight excluding hydrogens is 423 g/mol. The molecule has 1 atom stereocenters. The van der Waals surface area contributed by atoms with Crippen LogP contribution in [-0.2, 0) is 4.79 Å². The first kappa shape index (κ1) is 21.3. The van der Waals surface area contributed by atoms with Crippen molar-refractivity contribution in [2.24, 2.45) is 0 Å². The van der Waals surface area contributed by atoms with E-state index in [2.05, 4.69) is 43.7 Å². The molecule has 4 heterocycles. The van der Waals surface area contributed by atoms with E-state index < -0.39 is 0 Å². The van der Waals surface area contributed by atoms with Crippen LogP contribution in [0.4, 0.5) is 21.7 Å². The molecule has 2 aliphatic rings. The summed E-state index contributed by atoms with van der Waals surface area (Å²) >= 11 is 0. The second kappa shape index (κ2) is 8.78. The molecule has 3 aromatic rings. The van der Waals surface area contributed by atoms with Gasteiger partial charge >= 0.3 is 0 Å². The molecule has 2 fully saturated rings. The number of nitrogens with one attached hydrogen (secondary N) is 1. The van der Waals surface area contributed by atoms with Gasteiger partial charge in [-0.1, -0.05) is 6.58 Å². The van der Waals surface area contributed by atoms with Gasteiger partial charge in [-0.15, -0.1) is 0 Å². The minimum absolute atomic E-state index is 0.0706. The number of nitrogens with zero attached hydrogens (tertiary/aromatic N) is 7. The standard InChI is InChI=1S/C23H27FN8O/c1-3-21(33)31-7-6-17(14-31)32-15-26-20-13-25-23(28-22(20)32)27-19-5-4-16(12-18(19)24)30-10-8-29(2)9-11-30/h3-5,12-13,15,17H,1,6-11,14H2,2H3,(H,25,27,28). The fourth-order valence-corrected chi connectivity index (χ4v) is 4.44. The molecule has 1 unspecified atom stereocenters. The molecule has 0 spiro atoms. The first-order valence-electron chi connectivity index (χ1n) is 11.1. The van der Waals surface area contributed by atoms with E-state index in [9.17, 15) is 9.18 Å². The van der Waals surface area contributed by atoms with Crippen LogP contribution in [0, 0.1) is 5.82 Å². The molecule has 2 saturated heterocycles. The Balaban J connectivity index is 1.34. The Morgan fingerprint density at radius 3 is 2.79 bits per heavy atom. The van der Waals surface area contributed by atoms with Crippen LogP contribution in [0.2, 0.25) is 0 Å². The van der Waals surface area contributed by atoms with Crippen LogP contribution in [-0.4, -0.2) is 81.5 Å². The Labute approximate surface area is 191 Å². The van der Waals surface area contributed by atoms with E-state index in [1.54, 1.807) is 29.6 Å². The highest BCUT2D eigenvalue weighted by Gasteiger charge is 2.27. The van der Waals surface area contributed by atoms with Crippen molar-refractivity contribution in [3.05, 3.63) is 49.2 Å². The molecule has 2 aromatic heterocycles. The summed E-state index contributed by atoms with van der Waals surface area (Å²) in [6.07, 6.45) is 5.49. The third kappa shape index (κ3) is 4.25. The second-order valence-corrected chi connectivity index (χ2v) is 8.56. The van der Waals surface area contributed by atoms with E-state index in [1.807, 2.05) is 10.6 Å². The van der Waals surface area contributed by atoms with E-state index in [1.165, 1.54) is 6.08 Å². The van der Waals surface area contributed by atoms with Crippen LogP contribution in [0.5, 0.6) is 0 Å². The van der Waals surface area contributed by atoms with Gasteiger partial charge in [-0.25, -0.2) is 14.4 Å². The lowest BCUT2D eigenvalue weighted by Gasteiger charge is -2.34. The van der Waals surface area contributed by atoms with Gasteiger partial charge in [-0.2, -0.15) is 4.98 Å². The number of hydrogen-bond donors (Lipinski definition) is 1. The van der Waals surface area contributed by atoms with Gasteiger partial charge in [-0.3, -0.25) is 4.79 Å². The summed E-state index contributed by atoms with van der Waals surface area (Å²) in [5.41, 5.74) is 2.50. The molecule has 1 N–H and O–H groups in total. The lowest BCUT2D eigenvalue weighted by molar-refractivity contribution is -0.125. The van der Waals surface area contributed by atoms with E-state index in [4.69, 9.17) is 0 Å². The number of hydrogen-bond acceptors (Lipinski definition) is 7. The lowest BCUT2D eigenvalue weighted by atomic mass is 10.2. The molecule has 9 nitrogen and oxygen atoms in total. The summed E-state index contributed by atoms with van der Waals surface area (Å²) in [7, 11) is 2.09. The third-order valence-electron chi connectivity index (χ3n) is 6.43. The Bertz CT molecular complexity index is 1190. The van der Waals surface area contributed by atoms with Crippen LogP contribution in [0.1, 0.15) is 12.5 Å². The number of anilines is 3. The van der Waals surface area contributed by atoms with Gasteiger partial charge in [0.25, 0.3) is 0 Å². The van der Waals surface area contributed by atoms with Gasteiger partial charge < -0.3 is 24.6 Å². The number of amides is 1. The highest BCUT2D eigenvalue weighted by atomic mass is 19.1. The highest BCUT2D eigenvalue weighted by Crippen LogP contribution is 2.27. The number of likely N-dealkylation sites (tertiary alicyclic amines) is 1. The average molecular weight is 451 g/mol. The number of benzene rings is 1. The fraction of sp³-hybridized carbons (Fsp3) is 0.391. The van der Waals surface area contributed by atoms with E-state index in [0.29, 0.717) is 35.9 Å². The van der Waals surface area contributed by atoms with Crippen molar-refractivity contribution in [1.82, 2.24) is 29.3 Å². The Morgan fingerprint density at radius 1 is 1.21 bits per heavy atom. The quantitative estimate of drug-likeness (QED) is 0.598. The van der Waals surface area contributed by atoms with Gasteiger partial charge in [0.05, 0.1) is 24.3 Å². The lowest BCUT2D eigenvalue weighted by Crippen LogP contribution is -2.44. The van der Waals surface area contributed by atoms with Crippen molar-refractivity contribution in [1.29, 1.82) is 0 Å². The molecule has 0 aliphatic carbocycles. The average Bonchev–Trinajstić information content (AvgIpc) is 3.47. The summed E-state index contributed by atoms with van der Waals surface area (Å²) < 4.78 is 16.8. The van der Waals surface area contributed by atoms with Crippen molar-refractivity contribution in [2.75, 3.05) is 56.5 Å². The zero-order valence-electron chi connectivity index (χ0n) is 18.6. The van der Waals surface area contributed by atoms with Crippen molar-refractivity contribution < 1.29 is 9.18 Å². The second-order valence-electron chi connectivity index (χ2n) is 8.56. The molecule has 1 amide bonds. The number of rotatable bonds is 5. The van der Waals surface area contributed by atoms with Crippen molar-refractivity contribution in [2.45, 2.75) is 12.5 Å². The van der Waals surface area contributed by atoms with Gasteiger partial charge in [0.2, 0.25) is 11.9 Å². The first-order valence-corrected chi connectivity index (χ1v) is 11.1. The van der Waals surface area contributed by atoms with Crippen LogP contribution >= 0.6 is 0 Å². The van der Waals surface area contributed by atoms with Crippen molar-refractivity contribution in [3.63, 3.8) is 0 Å². The van der Waals surface area contributed by atoms with Gasteiger partial charge in [0.1, 0.15) is 11.3 Å². The molecule has 172 valence electrons. The Hall–Kier alpha value is -3.53. The van der Waals surface area contributed by atoms with Crippen molar-refractivity contribution >= 4 is 34.4 Å². The summed E-state index contributed by atoms with van der Waals surface area (Å²) in [5, 5.41) is 3.00. The van der Waals surface area contributed by atoms with E-state index in [-0.39, 0.29) is 17.8 Å². The topological polar surface area (TPSA) is 82.4 Å². The molecular formula is C23H27FN8O. The summed E-state index contributed by atoms with van der Waals surface area (Å²) in [4.78, 5) is 31.4. The maximum absolute atomic E-state index is 14.9. The number of fused-ring (bicyclic) bond motifs is 1. The number of halogens is 1. The minimum Gasteiger partial charge on any atom is -0.369 e. The first-order chi connectivity index (χ1) is 16.0. The zero-order valence-corrected chi connectivity index (χ0v) is 18.6. The third-order valence-corrected chi connectivity index (χ3v) is 6.43. The maximum Gasteiger partial charge on any atom is 0.246 e. The van der Waals surface area contributed by atoms with Crippen molar-refractivity contribution in [3.8, 4) is 0 Å². The largest absolute Gasteiger partial charge is 0.369 e. The smallest absolute Gasteiger partial charge is 0.246 e. The Morgan fingerprint density at radius 2 is 2.03 bits per heavy atom. The molecule has 33 heavy (non-hydrogen) atoms. The van der Waals surface area contributed by atoms with Gasteiger partial charge in [0, 0.05) is 45.0 Å². The molecule has 0 radical (unpaired) electrons. The van der Waals surface area contributed by atoms with Crippen LogP contribution < -0.4 is 10.2 Å². The number of carbonyl (C=O) groups is 1. The highest BCUT2D eigenvalue weighted by molar-refractivity contribution is 5.87. The minimum atomic E-state index is -0.349. The summed E-state index contributed by atoms with van der Waals surface area (Å²) in [6.45, 7) is 8.48. The number of carbonyl (C=O) groups excluding carboxylic acids is 1. The van der Waals surface area contributed by atoms with Crippen LogP contribution in [0.25, 0.3) is 11.2 Å².